The first-order chi connectivity index (χ1) is 21.3. The number of β-amino-alcohol motifs (C(OH)–C–C–N with tert-alkyl or cyclic N) is 1. The van der Waals surface area contributed by atoms with Crippen molar-refractivity contribution >= 4 is 21.4 Å². The number of aliphatic hydroxyl groups is 1. The van der Waals surface area contributed by atoms with Crippen LogP contribution in [0.2, 0.25) is 0 Å². The molecule has 5 saturated heterocycles. The Kier molecular flexibility index (Phi) is 6.84. The third-order valence-corrected chi connectivity index (χ3v) is 12.3. The van der Waals surface area contributed by atoms with Gasteiger partial charge >= 0.3 is 0 Å². The van der Waals surface area contributed by atoms with Crippen molar-refractivity contribution in [2.24, 2.45) is 11.8 Å². The standard InChI is InChI=1S/C31H37N7O5S/c32-12-23-14-34-37-18-27(43-8-5-35-15-24-11-31(24,39)20-35)10-28(30(23)37)22-1-2-29(33-13-22)36-16-25-9-26(17-36)38(25)44(40,41)19-21-3-6-42-7-4-21/h1-2,10,13-14,18,21,24-26,39H,3-9,11,15-17,19-20H2. The molecule has 1 aliphatic carbocycles. The molecule has 3 aromatic rings. The molecule has 9 rings (SSSR count). The second kappa shape index (κ2) is 10.7. The number of piperidine rings is 2. The Morgan fingerprint density at radius 2 is 1.98 bits per heavy atom. The highest BCUT2D eigenvalue weighted by molar-refractivity contribution is 7.89. The van der Waals surface area contributed by atoms with Crippen molar-refractivity contribution in [3.05, 3.63) is 42.4 Å². The number of sulfonamides is 1. The number of rotatable bonds is 9. The zero-order valence-electron chi connectivity index (χ0n) is 24.6. The number of hydrogen-bond acceptors (Lipinski definition) is 10. The Bertz CT molecular complexity index is 1710. The third kappa shape index (κ3) is 5.02. The van der Waals surface area contributed by atoms with Crippen LogP contribution in [0.5, 0.6) is 5.75 Å². The lowest BCUT2D eigenvalue weighted by atomic mass is 9.91. The second-order valence-electron chi connectivity index (χ2n) is 13.2. The van der Waals surface area contributed by atoms with Gasteiger partial charge in [-0.05, 0) is 49.8 Å². The van der Waals surface area contributed by atoms with Crippen molar-refractivity contribution in [3.8, 4) is 22.9 Å². The van der Waals surface area contributed by atoms with Gasteiger partial charge in [-0.2, -0.15) is 14.7 Å². The van der Waals surface area contributed by atoms with Gasteiger partial charge in [0.15, 0.2) is 0 Å². The SMILES string of the molecule is N#Cc1cnn2cc(OCCN3CC4CC4(O)C3)cc(-c3ccc(N4CC5CC(C4)N5S(=O)(=O)CC4CCOCC4)nc3)c12. The van der Waals surface area contributed by atoms with Crippen LogP contribution in [0.1, 0.15) is 31.2 Å². The Balaban J connectivity index is 0.960. The molecule has 44 heavy (non-hydrogen) atoms. The summed E-state index contributed by atoms with van der Waals surface area (Å²) in [5, 5.41) is 24.5. The van der Waals surface area contributed by atoms with Crippen LogP contribution in [0, 0.1) is 23.2 Å². The van der Waals surface area contributed by atoms with E-state index in [4.69, 9.17) is 14.5 Å². The molecule has 13 heteroatoms. The summed E-state index contributed by atoms with van der Waals surface area (Å²) in [4.78, 5) is 9.20. The molecule has 232 valence electrons. The number of piperazine rings is 1. The summed E-state index contributed by atoms with van der Waals surface area (Å²) in [7, 11) is -3.30. The molecule has 1 N–H and O–H groups in total. The third-order valence-electron chi connectivity index (χ3n) is 10.2. The highest BCUT2D eigenvalue weighted by Crippen LogP contribution is 2.49. The number of nitriles is 1. The molecule has 0 amide bonds. The van der Waals surface area contributed by atoms with Crippen LogP contribution in [-0.2, 0) is 14.8 Å². The second-order valence-corrected chi connectivity index (χ2v) is 15.1. The number of ether oxygens (including phenoxy) is 2. The molecular weight excluding hydrogens is 582 g/mol. The summed E-state index contributed by atoms with van der Waals surface area (Å²) in [6.45, 7) is 5.38. The Morgan fingerprint density at radius 3 is 2.68 bits per heavy atom. The molecule has 0 spiro atoms. The van der Waals surface area contributed by atoms with E-state index in [0.29, 0.717) is 62.2 Å². The number of fused-ring (bicyclic) bond motifs is 4. The predicted molar refractivity (Wildman–Crippen MR) is 162 cm³/mol. The van der Waals surface area contributed by atoms with Crippen molar-refractivity contribution in [2.45, 2.75) is 43.4 Å². The molecule has 6 aliphatic rings. The van der Waals surface area contributed by atoms with Gasteiger partial charge in [0.05, 0.1) is 34.8 Å². The molecule has 4 unspecified atom stereocenters. The fourth-order valence-electron chi connectivity index (χ4n) is 7.75. The van der Waals surface area contributed by atoms with Crippen LogP contribution in [-0.4, -0.2) is 113 Å². The number of aromatic nitrogens is 3. The minimum atomic E-state index is -3.30. The van der Waals surface area contributed by atoms with Gasteiger partial charge in [0.2, 0.25) is 10.0 Å². The van der Waals surface area contributed by atoms with Gasteiger partial charge in [-0.3, -0.25) is 4.90 Å². The minimum absolute atomic E-state index is 0.0206. The zero-order valence-corrected chi connectivity index (χ0v) is 25.4. The highest BCUT2D eigenvalue weighted by Gasteiger charge is 2.58. The molecule has 1 saturated carbocycles. The van der Waals surface area contributed by atoms with Gasteiger partial charge in [0.25, 0.3) is 0 Å². The molecule has 8 heterocycles. The number of hydrogen-bond donors (Lipinski definition) is 1. The quantitative estimate of drug-likeness (QED) is 0.377. The number of nitrogens with zero attached hydrogens (tertiary/aromatic N) is 7. The summed E-state index contributed by atoms with van der Waals surface area (Å²) in [5.41, 5.74) is 2.33. The maximum atomic E-state index is 13.3. The molecule has 5 aliphatic heterocycles. The van der Waals surface area contributed by atoms with Crippen molar-refractivity contribution in [2.75, 3.05) is 63.2 Å². The van der Waals surface area contributed by atoms with E-state index >= 15 is 0 Å². The van der Waals surface area contributed by atoms with Crippen molar-refractivity contribution in [1.29, 1.82) is 5.26 Å². The minimum Gasteiger partial charge on any atom is -0.491 e. The van der Waals surface area contributed by atoms with E-state index in [1.54, 1.807) is 27.4 Å². The monoisotopic (exact) mass is 619 g/mol. The lowest BCUT2D eigenvalue weighted by Gasteiger charge is -2.55. The molecule has 4 atom stereocenters. The van der Waals surface area contributed by atoms with Crippen LogP contribution in [0.3, 0.4) is 0 Å². The van der Waals surface area contributed by atoms with Crippen LogP contribution in [0.4, 0.5) is 5.82 Å². The molecule has 3 aromatic heterocycles. The first-order valence-electron chi connectivity index (χ1n) is 15.6. The fraction of sp³-hybridized carbons (Fsp3) is 0.581. The summed E-state index contributed by atoms with van der Waals surface area (Å²) in [5.74, 6) is 2.25. The Labute approximate surface area is 256 Å². The average molecular weight is 620 g/mol. The summed E-state index contributed by atoms with van der Waals surface area (Å²) >= 11 is 0. The van der Waals surface area contributed by atoms with Gasteiger partial charge in [-0.15, -0.1) is 0 Å². The summed E-state index contributed by atoms with van der Waals surface area (Å²) in [6.07, 6.45) is 8.58. The highest BCUT2D eigenvalue weighted by atomic mass is 32.2. The first-order valence-corrected chi connectivity index (χ1v) is 17.2. The maximum Gasteiger partial charge on any atom is 0.215 e. The molecule has 2 bridgehead atoms. The summed E-state index contributed by atoms with van der Waals surface area (Å²) in [6, 6.07) is 8.10. The van der Waals surface area contributed by atoms with E-state index in [1.165, 1.54) is 0 Å². The van der Waals surface area contributed by atoms with Gasteiger partial charge in [0, 0.05) is 81.3 Å². The van der Waals surface area contributed by atoms with Gasteiger partial charge in [-0.25, -0.2) is 17.9 Å². The molecule has 12 nitrogen and oxygen atoms in total. The number of anilines is 1. The Morgan fingerprint density at radius 1 is 1.16 bits per heavy atom. The zero-order chi connectivity index (χ0) is 30.1. The van der Waals surface area contributed by atoms with Crippen LogP contribution < -0.4 is 9.64 Å². The average Bonchev–Trinajstić information content (AvgIpc) is 3.30. The summed E-state index contributed by atoms with van der Waals surface area (Å²) < 4.78 is 41.5. The molecule has 0 radical (unpaired) electrons. The van der Waals surface area contributed by atoms with E-state index in [1.807, 2.05) is 18.2 Å². The largest absolute Gasteiger partial charge is 0.491 e. The lowest BCUT2D eigenvalue weighted by molar-refractivity contribution is 0.0677. The fourth-order valence-corrected chi connectivity index (χ4v) is 10.1. The molecule has 0 aromatic carbocycles. The van der Waals surface area contributed by atoms with Crippen molar-refractivity contribution in [3.63, 3.8) is 0 Å². The maximum absolute atomic E-state index is 13.3. The molecule has 6 fully saturated rings. The number of pyridine rings is 2. The number of likely N-dealkylation sites (tertiary alicyclic amines) is 1. The van der Waals surface area contributed by atoms with Crippen molar-refractivity contribution in [1.82, 2.24) is 23.8 Å². The van der Waals surface area contributed by atoms with E-state index in [2.05, 4.69) is 21.0 Å². The van der Waals surface area contributed by atoms with Crippen LogP contribution in [0.25, 0.3) is 16.6 Å². The topological polar surface area (TPSA) is 137 Å². The van der Waals surface area contributed by atoms with E-state index in [9.17, 15) is 18.8 Å². The Hall–Kier alpha value is -3.28. The van der Waals surface area contributed by atoms with Crippen LogP contribution >= 0.6 is 0 Å². The van der Waals surface area contributed by atoms with Gasteiger partial charge in [-0.1, -0.05) is 0 Å². The van der Waals surface area contributed by atoms with Gasteiger partial charge in [0.1, 0.15) is 24.2 Å². The molecular formula is C31H37N7O5S. The van der Waals surface area contributed by atoms with E-state index in [0.717, 1.165) is 55.7 Å². The lowest BCUT2D eigenvalue weighted by Crippen LogP contribution is -2.70. The predicted octanol–water partition coefficient (Wildman–Crippen LogP) is 1.73. The first kappa shape index (κ1) is 28.2. The van der Waals surface area contributed by atoms with E-state index < -0.39 is 15.6 Å². The van der Waals surface area contributed by atoms with Crippen LogP contribution in [0.15, 0.2) is 36.8 Å². The normalized spacial score (nSPS) is 28.9. The smallest absolute Gasteiger partial charge is 0.215 e. The van der Waals surface area contributed by atoms with Gasteiger partial charge < -0.3 is 19.5 Å². The van der Waals surface area contributed by atoms with E-state index in [-0.39, 0.29) is 23.8 Å². The van der Waals surface area contributed by atoms with Crippen molar-refractivity contribution < 1.29 is 23.0 Å².